The van der Waals surface area contributed by atoms with Crippen LogP contribution in [0.4, 0.5) is 4.79 Å². The Morgan fingerprint density at radius 1 is 1.43 bits per heavy atom. The van der Waals surface area contributed by atoms with E-state index in [1.807, 2.05) is 30.9 Å². The number of ether oxygens (including phenoxy) is 1. The monoisotopic (exact) mass is 287 g/mol. The number of carbonyl (C=O) groups is 1. The molecule has 0 spiro atoms. The summed E-state index contributed by atoms with van der Waals surface area (Å²) in [5, 5.41) is 4.15. The lowest BCUT2D eigenvalue weighted by Gasteiger charge is -2.28. The van der Waals surface area contributed by atoms with Crippen molar-refractivity contribution >= 4 is 16.9 Å². The second-order valence-corrected chi connectivity index (χ2v) is 5.77. The van der Waals surface area contributed by atoms with Gasteiger partial charge in [-0.3, -0.25) is 0 Å². The zero-order valence-electron chi connectivity index (χ0n) is 12.7. The maximum atomic E-state index is 12.1. The molecule has 1 aromatic carbocycles. The van der Waals surface area contributed by atoms with Crippen molar-refractivity contribution in [2.24, 2.45) is 0 Å². The number of fused-ring (bicyclic) bond motifs is 3. The van der Waals surface area contributed by atoms with Gasteiger partial charge in [0.05, 0.1) is 13.7 Å². The number of nitrogens with zero attached hydrogens (tertiary/aromatic N) is 1. The molecular weight excluding hydrogens is 266 g/mol. The second kappa shape index (κ2) is 5.31. The maximum absolute atomic E-state index is 12.1. The van der Waals surface area contributed by atoms with Crippen LogP contribution in [0.5, 0.6) is 5.75 Å². The topological polar surface area (TPSA) is 57.4 Å². The Bertz CT molecular complexity index is 675. The third kappa shape index (κ3) is 2.55. The largest absolute Gasteiger partial charge is 0.497 e. The van der Waals surface area contributed by atoms with Gasteiger partial charge >= 0.3 is 6.03 Å². The van der Waals surface area contributed by atoms with Crippen LogP contribution in [0.2, 0.25) is 0 Å². The fraction of sp³-hybridized carbons (Fsp3) is 0.438. The normalized spacial score (nSPS) is 14.4. The zero-order valence-corrected chi connectivity index (χ0v) is 12.7. The van der Waals surface area contributed by atoms with Crippen molar-refractivity contribution in [3.8, 4) is 5.75 Å². The van der Waals surface area contributed by atoms with Gasteiger partial charge in [-0.05, 0) is 44.0 Å². The van der Waals surface area contributed by atoms with E-state index in [4.69, 9.17) is 4.74 Å². The predicted molar refractivity (Wildman–Crippen MR) is 82.6 cm³/mol. The zero-order chi connectivity index (χ0) is 15.0. The van der Waals surface area contributed by atoms with Crippen molar-refractivity contribution in [1.82, 2.24) is 15.2 Å². The Balaban J connectivity index is 1.88. The van der Waals surface area contributed by atoms with Crippen LogP contribution in [0.1, 0.15) is 25.1 Å². The Hall–Kier alpha value is -2.17. The van der Waals surface area contributed by atoms with Gasteiger partial charge < -0.3 is 19.9 Å². The Kier molecular flexibility index (Phi) is 3.49. The van der Waals surface area contributed by atoms with Crippen LogP contribution in [-0.4, -0.2) is 35.6 Å². The van der Waals surface area contributed by atoms with Crippen molar-refractivity contribution in [2.45, 2.75) is 32.9 Å². The summed E-state index contributed by atoms with van der Waals surface area (Å²) in [5.41, 5.74) is 3.54. The number of hydrogen-bond acceptors (Lipinski definition) is 2. The number of rotatable bonds is 2. The number of urea groups is 1. The van der Waals surface area contributed by atoms with Crippen molar-refractivity contribution in [3.05, 3.63) is 29.5 Å². The molecule has 1 aromatic heterocycles. The summed E-state index contributed by atoms with van der Waals surface area (Å²) < 4.78 is 5.30. The molecule has 0 radical (unpaired) electrons. The molecule has 0 fully saturated rings. The van der Waals surface area contributed by atoms with E-state index in [-0.39, 0.29) is 12.1 Å². The third-order valence-corrected chi connectivity index (χ3v) is 3.88. The maximum Gasteiger partial charge on any atom is 0.317 e. The van der Waals surface area contributed by atoms with Crippen LogP contribution in [0.15, 0.2) is 18.2 Å². The van der Waals surface area contributed by atoms with Crippen LogP contribution in [-0.2, 0) is 13.0 Å². The molecule has 0 aliphatic carbocycles. The highest BCUT2D eigenvalue weighted by atomic mass is 16.5. The third-order valence-electron chi connectivity index (χ3n) is 3.88. The van der Waals surface area contributed by atoms with Crippen molar-refractivity contribution in [1.29, 1.82) is 0 Å². The van der Waals surface area contributed by atoms with Crippen LogP contribution in [0, 0.1) is 0 Å². The van der Waals surface area contributed by atoms with E-state index in [0.717, 1.165) is 29.9 Å². The number of aromatic amines is 1. The number of carbonyl (C=O) groups excluding carboxylic acids is 1. The lowest BCUT2D eigenvalue weighted by Crippen LogP contribution is -2.45. The average Bonchev–Trinajstić information content (AvgIpc) is 2.83. The smallest absolute Gasteiger partial charge is 0.317 e. The summed E-state index contributed by atoms with van der Waals surface area (Å²) in [7, 11) is 1.68. The molecule has 1 aliphatic rings. The molecule has 5 heteroatoms. The summed E-state index contributed by atoms with van der Waals surface area (Å²) in [4.78, 5) is 17.4. The highest BCUT2D eigenvalue weighted by Gasteiger charge is 2.24. The molecule has 0 unspecified atom stereocenters. The number of aromatic nitrogens is 1. The number of nitrogens with one attached hydrogen (secondary N) is 2. The molecule has 112 valence electrons. The van der Waals surface area contributed by atoms with Gasteiger partial charge in [0.1, 0.15) is 5.75 Å². The fourth-order valence-corrected chi connectivity index (χ4v) is 2.86. The molecule has 0 bridgehead atoms. The molecule has 21 heavy (non-hydrogen) atoms. The molecule has 2 amide bonds. The Morgan fingerprint density at radius 3 is 2.95 bits per heavy atom. The Labute approximate surface area is 124 Å². The van der Waals surface area contributed by atoms with Gasteiger partial charge in [-0.2, -0.15) is 0 Å². The standard InChI is InChI=1S/C16H21N3O2/c1-10(2)17-16(20)19-7-6-12-13-8-11(21-3)4-5-14(13)18-15(12)9-19/h4-5,8,10,18H,6-7,9H2,1-3H3,(H,17,20). The number of amides is 2. The minimum absolute atomic E-state index is 0.00638. The number of H-pyrrole nitrogens is 1. The van der Waals surface area contributed by atoms with E-state index in [2.05, 4.69) is 16.4 Å². The average molecular weight is 287 g/mol. The SMILES string of the molecule is COc1ccc2[nH]c3c(c2c1)CCN(C(=O)NC(C)C)C3. The quantitative estimate of drug-likeness (QED) is 0.892. The van der Waals surface area contributed by atoms with E-state index in [1.165, 1.54) is 10.9 Å². The Morgan fingerprint density at radius 2 is 2.24 bits per heavy atom. The molecule has 0 saturated heterocycles. The predicted octanol–water partition coefficient (Wildman–Crippen LogP) is 2.65. The summed E-state index contributed by atoms with van der Waals surface area (Å²) in [5.74, 6) is 0.865. The first-order valence-electron chi connectivity index (χ1n) is 7.31. The molecule has 2 N–H and O–H groups in total. The highest BCUT2D eigenvalue weighted by molar-refractivity contribution is 5.87. The minimum atomic E-state index is 0.00638. The summed E-state index contributed by atoms with van der Waals surface area (Å²) in [6, 6.07) is 6.21. The van der Waals surface area contributed by atoms with Crippen LogP contribution in [0.3, 0.4) is 0 Å². The first-order valence-corrected chi connectivity index (χ1v) is 7.31. The summed E-state index contributed by atoms with van der Waals surface area (Å²) in [6.45, 7) is 5.32. The molecule has 3 rings (SSSR count). The lowest BCUT2D eigenvalue weighted by molar-refractivity contribution is 0.189. The van der Waals surface area contributed by atoms with E-state index < -0.39 is 0 Å². The number of hydrogen-bond donors (Lipinski definition) is 2. The van der Waals surface area contributed by atoms with Gasteiger partial charge in [-0.15, -0.1) is 0 Å². The first-order chi connectivity index (χ1) is 10.1. The van der Waals surface area contributed by atoms with Gasteiger partial charge in [-0.25, -0.2) is 4.79 Å². The van der Waals surface area contributed by atoms with Crippen LogP contribution < -0.4 is 10.1 Å². The van der Waals surface area contributed by atoms with Crippen molar-refractivity contribution in [3.63, 3.8) is 0 Å². The minimum Gasteiger partial charge on any atom is -0.497 e. The molecule has 0 atom stereocenters. The van der Waals surface area contributed by atoms with E-state index in [0.29, 0.717) is 6.54 Å². The van der Waals surface area contributed by atoms with Crippen LogP contribution >= 0.6 is 0 Å². The van der Waals surface area contributed by atoms with Gasteiger partial charge in [0.2, 0.25) is 0 Å². The van der Waals surface area contributed by atoms with Gasteiger partial charge in [0.25, 0.3) is 0 Å². The highest BCUT2D eigenvalue weighted by Crippen LogP contribution is 2.30. The lowest BCUT2D eigenvalue weighted by atomic mass is 10.0. The van der Waals surface area contributed by atoms with Gasteiger partial charge in [-0.1, -0.05) is 0 Å². The molecule has 2 heterocycles. The molecule has 5 nitrogen and oxygen atoms in total. The first kappa shape index (κ1) is 13.8. The molecular formula is C16H21N3O2. The van der Waals surface area contributed by atoms with E-state index in [1.54, 1.807) is 7.11 Å². The second-order valence-electron chi connectivity index (χ2n) is 5.77. The van der Waals surface area contributed by atoms with Gasteiger partial charge in [0.15, 0.2) is 0 Å². The van der Waals surface area contributed by atoms with Gasteiger partial charge in [0, 0.05) is 29.2 Å². The van der Waals surface area contributed by atoms with E-state index in [9.17, 15) is 4.79 Å². The fourth-order valence-electron chi connectivity index (χ4n) is 2.86. The van der Waals surface area contributed by atoms with E-state index >= 15 is 0 Å². The molecule has 0 saturated carbocycles. The molecule has 1 aliphatic heterocycles. The number of benzene rings is 1. The number of methoxy groups -OCH3 is 1. The van der Waals surface area contributed by atoms with Crippen LogP contribution in [0.25, 0.3) is 10.9 Å². The van der Waals surface area contributed by atoms with Crippen molar-refractivity contribution < 1.29 is 9.53 Å². The van der Waals surface area contributed by atoms with Crippen molar-refractivity contribution in [2.75, 3.05) is 13.7 Å². The molecule has 2 aromatic rings. The summed E-state index contributed by atoms with van der Waals surface area (Å²) in [6.07, 6.45) is 0.869. The summed E-state index contributed by atoms with van der Waals surface area (Å²) >= 11 is 0.